The number of rotatable bonds is 9. The molecule has 1 aliphatic heterocycles. The quantitative estimate of drug-likeness (QED) is 0.355. The van der Waals surface area contributed by atoms with E-state index in [-0.39, 0.29) is 17.2 Å². The number of imide groups is 1. The molecule has 1 heterocycles. The van der Waals surface area contributed by atoms with Crippen LogP contribution in [0.5, 0.6) is 0 Å². The summed E-state index contributed by atoms with van der Waals surface area (Å²) in [5, 5.41) is 1.10. The minimum absolute atomic E-state index is 0.0172. The van der Waals surface area contributed by atoms with Crippen molar-refractivity contribution in [2.45, 2.75) is 71.6 Å². The third kappa shape index (κ3) is 6.38. The van der Waals surface area contributed by atoms with Gasteiger partial charge in [0.05, 0.1) is 0 Å². The summed E-state index contributed by atoms with van der Waals surface area (Å²) in [4.78, 5) is 25.4. The minimum atomic E-state index is -0.153. The van der Waals surface area contributed by atoms with E-state index >= 15 is 0 Å². The first-order valence-corrected chi connectivity index (χ1v) is 8.97. The second-order valence-corrected chi connectivity index (χ2v) is 7.41. The van der Waals surface area contributed by atoms with E-state index in [0.717, 1.165) is 18.2 Å². The second kappa shape index (κ2) is 8.81. The normalized spacial score (nSPS) is 18.6. The molecule has 1 rings (SSSR count). The second-order valence-electron chi connectivity index (χ2n) is 6.62. The Morgan fingerprint density at radius 1 is 0.900 bits per heavy atom. The van der Waals surface area contributed by atoms with Gasteiger partial charge in [-0.3, -0.25) is 14.5 Å². The summed E-state index contributed by atoms with van der Waals surface area (Å²) in [5.74, 6) is 0.0344. The lowest BCUT2D eigenvalue weighted by Gasteiger charge is -2.34. The molecule has 0 aromatic carbocycles. The molecule has 1 fully saturated rings. The van der Waals surface area contributed by atoms with E-state index in [9.17, 15) is 9.59 Å². The van der Waals surface area contributed by atoms with Crippen molar-refractivity contribution in [3.63, 3.8) is 0 Å². The highest BCUT2D eigenvalue weighted by molar-refractivity contribution is 9.09. The number of nitrogens with zero attached hydrogens (tertiary/aromatic N) is 1. The maximum absolute atomic E-state index is 12.0. The number of likely N-dealkylation sites (tertiary alicyclic amines) is 1. The van der Waals surface area contributed by atoms with Gasteiger partial charge < -0.3 is 0 Å². The highest BCUT2D eigenvalue weighted by Crippen LogP contribution is 2.31. The number of piperidine rings is 1. The fourth-order valence-corrected chi connectivity index (χ4v) is 3.11. The summed E-state index contributed by atoms with van der Waals surface area (Å²) in [6.07, 6.45) is 9.41. The first kappa shape index (κ1) is 17.7. The van der Waals surface area contributed by atoms with Gasteiger partial charge in [-0.2, -0.15) is 0 Å². The highest BCUT2D eigenvalue weighted by Gasteiger charge is 2.36. The Morgan fingerprint density at radius 2 is 1.35 bits per heavy atom. The molecule has 0 aliphatic carbocycles. The largest absolute Gasteiger partial charge is 0.283 e. The lowest BCUT2D eigenvalue weighted by Crippen LogP contribution is -2.46. The molecule has 0 aromatic rings. The number of hydrogen-bond donors (Lipinski definition) is 0. The molecule has 1 saturated heterocycles. The molecule has 20 heavy (non-hydrogen) atoms. The summed E-state index contributed by atoms with van der Waals surface area (Å²) in [6, 6.07) is 0. The molecule has 0 saturated carbocycles. The topological polar surface area (TPSA) is 37.4 Å². The zero-order valence-corrected chi connectivity index (χ0v) is 14.5. The Hall–Kier alpha value is -0.380. The van der Waals surface area contributed by atoms with Crippen molar-refractivity contribution in [3.8, 4) is 0 Å². The molecule has 0 bridgehead atoms. The predicted octanol–water partition coefficient (Wildman–Crippen LogP) is 4.29. The van der Waals surface area contributed by atoms with Gasteiger partial charge in [0.15, 0.2) is 0 Å². The number of alkyl halides is 1. The molecule has 0 radical (unpaired) electrons. The Balaban J connectivity index is 2.13. The first-order valence-electron chi connectivity index (χ1n) is 7.85. The van der Waals surface area contributed by atoms with Gasteiger partial charge in [0.2, 0.25) is 11.8 Å². The van der Waals surface area contributed by atoms with E-state index in [2.05, 4.69) is 15.9 Å². The van der Waals surface area contributed by atoms with E-state index in [1.807, 2.05) is 13.8 Å². The van der Waals surface area contributed by atoms with E-state index in [4.69, 9.17) is 0 Å². The molecule has 116 valence electrons. The maximum Gasteiger partial charge on any atom is 0.229 e. The third-order valence-corrected chi connectivity index (χ3v) is 4.44. The Kier molecular flexibility index (Phi) is 7.78. The number of carbonyl (C=O) groups is 2. The SMILES string of the molecule is CC1(C)CC(=O)N(CCCCCCCCCBr)C(=O)C1. The van der Waals surface area contributed by atoms with Gasteiger partial charge >= 0.3 is 0 Å². The molecule has 0 unspecified atom stereocenters. The number of hydrogen-bond acceptors (Lipinski definition) is 2. The van der Waals surface area contributed by atoms with Gasteiger partial charge in [-0.05, 0) is 18.3 Å². The standard InChI is InChI=1S/C16H28BrNO2/c1-16(2)12-14(19)18(15(20)13-16)11-9-7-5-3-4-6-8-10-17/h3-13H2,1-2H3. The lowest BCUT2D eigenvalue weighted by molar-refractivity contribution is -0.152. The summed E-state index contributed by atoms with van der Waals surface area (Å²) in [5.41, 5.74) is -0.153. The van der Waals surface area contributed by atoms with E-state index in [1.165, 1.54) is 37.0 Å². The fraction of sp³-hybridized carbons (Fsp3) is 0.875. The molecule has 1 aliphatic rings. The molecule has 0 atom stereocenters. The Morgan fingerprint density at radius 3 is 1.85 bits per heavy atom. The number of unbranched alkanes of at least 4 members (excludes halogenated alkanes) is 6. The van der Waals surface area contributed by atoms with Crippen LogP contribution < -0.4 is 0 Å². The first-order chi connectivity index (χ1) is 9.46. The molecule has 3 nitrogen and oxygen atoms in total. The predicted molar refractivity (Wildman–Crippen MR) is 85.8 cm³/mol. The van der Waals surface area contributed by atoms with Crippen molar-refractivity contribution >= 4 is 27.7 Å². The maximum atomic E-state index is 12.0. The molecule has 4 heteroatoms. The summed E-state index contributed by atoms with van der Waals surface area (Å²) >= 11 is 3.44. The van der Waals surface area contributed by atoms with Crippen LogP contribution in [-0.4, -0.2) is 28.6 Å². The highest BCUT2D eigenvalue weighted by atomic mass is 79.9. The van der Waals surface area contributed by atoms with Gasteiger partial charge in [0.1, 0.15) is 0 Å². The van der Waals surface area contributed by atoms with Gasteiger partial charge in [-0.1, -0.05) is 61.9 Å². The van der Waals surface area contributed by atoms with Crippen LogP contribution >= 0.6 is 15.9 Å². The summed E-state index contributed by atoms with van der Waals surface area (Å²) in [7, 11) is 0. The minimum Gasteiger partial charge on any atom is -0.283 e. The Labute approximate surface area is 131 Å². The van der Waals surface area contributed by atoms with Crippen molar-refractivity contribution in [2.24, 2.45) is 5.41 Å². The van der Waals surface area contributed by atoms with Crippen molar-refractivity contribution in [2.75, 3.05) is 11.9 Å². The van der Waals surface area contributed by atoms with Crippen LogP contribution in [0.2, 0.25) is 0 Å². The van der Waals surface area contributed by atoms with Crippen LogP contribution in [0, 0.1) is 5.41 Å². The lowest BCUT2D eigenvalue weighted by atomic mass is 9.81. The van der Waals surface area contributed by atoms with Crippen molar-refractivity contribution in [3.05, 3.63) is 0 Å². The molecule has 0 spiro atoms. The number of carbonyl (C=O) groups excluding carboxylic acids is 2. The van der Waals surface area contributed by atoms with Crippen molar-refractivity contribution in [1.29, 1.82) is 0 Å². The van der Waals surface area contributed by atoms with Crippen LogP contribution in [0.25, 0.3) is 0 Å². The fourth-order valence-electron chi connectivity index (χ4n) is 2.71. The zero-order chi connectivity index (χ0) is 15.0. The smallest absolute Gasteiger partial charge is 0.229 e. The Bertz CT molecular complexity index is 308. The summed E-state index contributed by atoms with van der Waals surface area (Å²) in [6.45, 7) is 4.61. The third-order valence-electron chi connectivity index (χ3n) is 3.88. The van der Waals surface area contributed by atoms with E-state index < -0.39 is 0 Å². The molecular formula is C16H28BrNO2. The summed E-state index contributed by atoms with van der Waals surface area (Å²) < 4.78 is 0. The molecule has 0 N–H and O–H groups in total. The van der Waals surface area contributed by atoms with Crippen molar-refractivity contribution < 1.29 is 9.59 Å². The van der Waals surface area contributed by atoms with Gasteiger partial charge in [-0.15, -0.1) is 0 Å². The van der Waals surface area contributed by atoms with Crippen LogP contribution in [0.3, 0.4) is 0 Å². The van der Waals surface area contributed by atoms with Crippen LogP contribution in [0.1, 0.15) is 71.6 Å². The average molecular weight is 346 g/mol. The van der Waals surface area contributed by atoms with Crippen LogP contribution in [-0.2, 0) is 9.59 Å². The van der Waals surface area contributed by atoms with Crippen molar-refractivity contribution in [1.82, 2.24) is 4.90 Å². The van der Waals surface area contributed by atoms with E-state index in [0.29, 0.717) is 19.4 Å². The van der Waals surface area contributed by atoms with Crippen LogP contribution in [0.4, 0.5) is 0 Å². The van der Waals surface area contributed by atoms with Gasteiger partial charge in [-0.25, -0.2) is 0 Å². The average Bonchev–Trinajstić information content (AvgIpc) is 2.34. The molecule has 2 amide bonds. The van der Waals surface area contributed by atoms with Gasteiger partial charge in [0.25, 0.3) is 0 Å². The monoisotopic (exact) mass is 345 g/mol. The molecule has 0 aromatic heterocycles. The number of amides is 2. The van der Waals surface area contributed by atoms with E-state index in [1.54, 1.807) is 0 Å². The number of halogens is 1. The van der Waals surface area contributed by atoms with Crippen LogP contribution in [0.15, 0.2) is 0 Å². The molecular weight excluding hydrogens is 318 g/mol. The zero-order valence-electron chi connectivity index (χ0n) is 12.9. The van der Waals surface area contributed by atoms with Gasteiger partial charge in [0, 0.05) is 24.7 Å².